The molecule has 2 nitrogen and oxygen atoms in total. The lowest BCUT2D eigenvalue weighted by Gasteiger charge is -2.12. The highest BCUT2D eigenvalue weighted by atomic mass is 32.1. The molecule has 0 aliphatic rings. The lowest BCUT2D eigenvalue weighted by atomic mass is 9.93. The number of hydrogen-bond donors (Lipinski definition) is 0. The fourth-order valence-corrected chi connectivity index (χ4v) is 16.7. The number of hydrogen-bond acceptors (Lipinski definition) is 2. The Morgan fingerprint density at radius 1 is 0.195 bits per heavy atom. The molecular formula is C78H44N2S2. The van der Waals surface area contributed by atoms with Gasteiger partial charge in [0.15, 0.2) is 0 Å². The lowest BCUT2D eigenvalue weighted by molar-refractivity contribution is 1.36. The van der Waals surface area contributed by atoms with Gasteiger partial charge in [-0.3, -0.25) is 0 Å². The van der Waals surface area contributed by atoms with E-state index in [0.717, 1.165) is 0 Å². The highest BCUT2D eigenvalue weighted by Crippen LogP contribution is 2.52. The van der Waals surface area contributed by atoms with Gasteiger partial charge < -0.3 is 8.80 Å². The maximum absolute atomic E-state index is 2.63. The van der Waals surface area contributed by atoms with Gasteiger partial charge in [-0.1, -0.05) is 182 Å². The predicted octanol–water partition coefficient (Wildman–Crippen LogP) is 22.7. The van der Waals surface area contributed by atoms with Crippen molar-refractivity contribution in [1.82, 2.24) is 8.80 Å². The maximum atomic E-state index is 2.63. The van der Waals surface area contributed by atoms with Gasteiger partial charge in [0, 0.05) is 83.4 Å². The molecule has 0 saturated carbocycles. The van der Waals surface area contributed by atoms with Crippen molar-refractivity contribution in [3.8, 4) is 66.8 Å². The monoisotopic (exact) mass is 1070 g/mol. The van der Waals surface area contributed by atoms with E-state index in [0.29, 0.717) is 0 Å². The number of nitrogens with zero attached hydrogens (tertiary/aromatic N) is 2. The van der Waals surface area contributed by atoms with Crippen LogP contribution in [0.4, 0.5) is 0 Å². The molecule has 378 valence electrons. The zero-order valence-electron chi connectivity index (χ0n) is 44.1. The van der Waals surface area contributed by atoms with Crippen molar-refractivity contribution in [2.75, 3.05) is 0 Å². The summed E-state index contributed by atoms with van der Waals surface area (Å²) in [5, 5.41) is 15.7. The second-order valence-electron chi connectivity index (χ2n) is 22.3. The molecule has 0 unspecified atom stereocenters. The Morgan fingerprint density at radius 3 is 0.878 bits per heavy atom. The molecule has 0 atom stereocenters. The van der Waals surface area contributed by atoms with Crippen molar-refractivity contribution >= 4 is 139 Å². The van der Waals surface area contributed by atoms with Gasteiger partial charge in [0.25, 0.3) is 0 Å². The number of fused-ring (bicyclic) bond motifs is 20. The molecule has 82 heavy (non-hydrogen) atoms. The molecule has 19 aromatic rings. The summed E-state index contributed by atoms with van der Waals surface area (Å²) in [6, 6.07) is 100. The Hall–Kier alpha value is -10.1. The van der Waals surface area contributed by atoms with Crippen molar-refractivity contribution in [3.05, 3.63) is 267 Å². The molecule has 6 heterocycles. The first-order chi connectivity index (χ1) is 40.6. The van der Waals surface area contributed by atoms with Crippen LogP contribution < -0.4 is 0 Å². The van der Waals surface area contributed by atoms with E-state index in [1.807, 2.05) is 22.7 Å². The van der Waals surface area contributed by atoms with Crippen LogP contribution in [0.2, 0.25) is 0 Å². The van der Waals surface area contributed by atoms with Crippen LogP contribution in [-0.4, -0.2) is 8.80 Å². The Balaban J connectivity index is 0.924. The van der Waals surface area contributed by atoms with Gasteiger partial charge in [0.1, 0.15) is 0 Å². The van der Waals surface area contributed by atoms with Crippen molar-refractivity contribution in [1.29, 1.82) is 0 Å². The third-order valence-electron chi connectivity index (χ3n) is 17.9. The Labute approximate surface area is 478 Å². The molecule has 0 fully saturated rings. The van der Waals surface area contributed by atoms with Crippen LogP contribution in [-0.2, 0) is 0 Å². The van der Waals surface area contributed by atoms with E-state index >= 15 is 0 Å². The van der Waals surface area contributed by atoms with Crippen molar-refractivity contribution in [3.63, 3.8) is 0 Å². The van der Waals surface area contributed by atoms with E-state index < -0.39 is 0 Å². The van der Waals surface area contributed by atoms with Crippen LogP contribution in [0, 0.1) is 0 Å². The van der Waals surface area contributed by atoms with Crippen LogP contribution in [0.3, 0.4) is 0 Å². The topological polar surface area (TPSA) is 8.82 Å². The highest BCUT2D eigenvalue weighted by Gasteiger charge is 2.27. The van der Waals surface area contributed by atoms with E-state index in [9.17, 15) is 0 Å². The second kappa shape index (κ2) is 16.7. The molecule has 0 spiro atoms. The molecule has 0 aliphatic heterocycles. The molecular weight excluding hydrogens is 1030 g/mol. The van der Waals surface area contributed by atoms with E-state index in [-0.39, 0.29) is 0 Å². The molecule has 0 amide bonds. The minimum absolute atomic E-state index is 1.20. The minimum atomic E-state index is 1.20. The molecule has 4 heteroatoms. The zero-order chi connectivity index (χ0) is 53.3. The predicted molar refractivity (Wildman–Crippen MR) is 354 cm³/mol. The van der Waals surface area contributed by atoms with Gasteiger partial charge in [0.2, 0.25) is 0 Å². The maximum Gasteiger partial charge on any atom is 0.0635 e. The van der Waals surface area contributed by atoms with Gasteiger partial charge >= 0.3 is 0 Å². The van der Waals surface area contributed by atoms with Gasteiger partial charge in [0.05, 0.1) is 33.1 Å². The number of benzene rings is 13. The quantitative estimate of drug-likeness (QED) is 0.157. The van der Waals surface area contributed by atoms with Crippen molar-refractivity contribution < 1.29 is 0 Å². The summed E-state index contributed by atoms with van der Waals surface area (Å²) in [5.41, 5.74) is 22.0. The third kappa shape index (κ3) is 6.28. The molecule has 0 aliphatic carbocycles. The van der Waals surface area contributed by atoms with Gasteiger partial charge in [-0.05, 0) is 152 Å². The summed E-state index contributed by atoms with van der Waals surface area (Å²) in [5.74, 6) is 0. The van der Waals surface area contributed by atoms with E-state index in [2.05, 4.69) is 276 Å². The Kier molecular flexibility index (Phi) is 9.12. The smallest absolute Gasteiger partial charge is 0.0635 e. The van der Waals surface area contributed by atoms with E-state index in [1.165, 1.54) is 183 Å². The summed E-state index contributed by atoms with van der Waals surface area (Å²) in [6.45, 7) is 0. The molecule has 6 aromatic heterocycles. The average molecular weight is 1070 g/mol. The molecule has 0 N–H and O–H groups in total. The first-order valence-electron chi connectivity index (χ1n) is 28.2. The van der Waals surface area contributed by atoms with Gasteiger partial charge in [-0.25, -0.2) is 0 Å². The molecule has 0 saturated heterocycles. The van der Waals surface area contributed by atoms with Crippen LogP contribution in [0.15, 0.2) is 267 Å². The number of thiophene rings is 2. The van der Waals surface area contributed by atoms with E-state index in [1.54, 1.807) is 0 Å². The van der Waals surface area contributed by atoms with Gasteiger partial charge in [-0.2, -0.15) is 0 Å². The van der Waals surface area contributed by atoms with Crippen LogP contribution in [0.25, 0.3) is 183 Å². The third-order valence-corrected chi connectivity index (χ3v) is 20.3. The molecule has 19 rings (SSSR count). The molecule has 0 radical (unpaired) electrons. The van der Waals surface area contributed by atoms with Crippen LogP contribution >= 0.6 is 22.7 Å². The number of aromatic nitrogens is 2. The fraction of sp³-hybridized carbons (Fsp3) is 0. The number of rotatable bonds is 6. The summed E-state index contributed by atoms with van der Waals surface area (Å²) < 4.78 is 10.6. The zero-order valence-corrected chi connectivity index (χ0v) is 45.7. The van der Waals surface area contributed by atoms with Crippen LogP contribution in [0.1, 0.15) is 0 Å². The molecule has 13 aromatic carbocycles. The highest BCUT2D eigenvalue weighted by molar-refractivity contribution is 7.27. The fourth-order valence-electron chi connectivity index (χ4n) is 14.2. The summed E-state index contributed by atoms with van der Waals surface area (Å²) in [7, 11) is 0. The Bertz CT molecular complexity index is 5370. The first kappa shape index (κ1) is 44.7. The Morgan fingerprint density at radius 2 is 0.512 bits per heavy atom. The lowest BCUT2D eigenvalue weighted by Crippen LogP contribution is -1.88. The van der Waals surface area contributed by atoms with E-state index in [4.69, 9.17) is 0 Å². The summed E-state index contributed by atoms with van der Waals surface area (Å²) >= 11 is 3.86. The van der Waals surface area contributed by atoms with Crippen molar-refractivity contribution in [2.45, 2.75) is 0 Å². The summed E-state index contributed by atoms with van der Waals surface area (Å²) in [4.78, 5) is 0. The van der Waals surface area contributed by atoms with Crippen LogP contribution in [0.5, 0.6) is 0 Å². The first-order valence-corrected chi connectivity index (χ1v) is 29.8. The van der Waals surface area contributed by atoms with Gasteiger partial charge in [-0.15, -0.1) is 22.7 Å². The minimum Gasteiger partial charge on any atom is -0.308 e. The largest absolute Gasteiger partial charge is 0.308 e. The standard InChI is InChI=1S/C78H44N2S2/c1-5-17-45(18-6-1)51-33-52(46-19-7-2-8-20-46)36-55(35-51)49-29-31-59-67(39-49)79-69-43-62-64-42-66-58-26-14-16-28-72(58)82-78(66)74-60-32-30-50(56-37-53(47-21-9-3-10-22-47)34-54(38-56)48-23-11-4-12-24-48)40-68(60)80(76(64)74)70(62)44-61(69)63-41-65-57-25-13-15-27-71(57)81-77(65)73(59)75(63)79/h1-44H. The second-order valence-corrected chi connectivity index (χ2v) is 24.4. The normalized spacial score (nSPS) is 12.4. The van der Waals surface area contributed by atoms with Crippen molar-refractivity contribution in [2.24, 2.45) is 0 Å². The SMILES string of the molecule is c1ccc(-c2cc(-c3ccccc3)cc(-c3ccc4c5c6sc7ccccc7c6cc6c7cc8c(cc7n(c4c3)c65)c3cc4c5ccccc5sc4c4c5ccc(-c6cc(-c7ccccc7)cc(-c7ccccc7)c6)cc5n8c34)c2)cc1. The average Bonchev–Trinajstić information content (AvgIpc) is 3.42. The summed E-state index contributed by atoms with van der Waals surface area (Å²) in [6.07, 6.45) is 0. The molecule has 0 bridgehead atoms.